The van der Waals surface area contributed by atoms with Crippen molar-refractivity contribution in [2.75, 3.05) is 50.9 Å². The number of anilines is 1. The summed E-state index contributed by atoms with van der Waals surface area (Å²) in [5.41, 5.74) is 3.49. The van der Waals surface area contributed by atoms with Gasteiger partial charge in [-0.05, 0) is 79.0 Å². The van der Waals surface area contributed by atoms with Crippen molar-refractivity contribution in [2.45, 2.75) is 62.6 Å². The number of aromatic nitrogens is 3. The number of piperazine rings is 1. The van der Waals surface area contributed by atoms with E-state index in [-0.39, 0.29) is 28.5 Å². The molecule has 10 heteroatoms. The highest BCUT2D eigenvalue weighted by Crippen LogP contribution is 2.44. The van der Waals surface area contributed by atoms with Crippen LogP contribution in [0.4, 0.5) is 10.2 Å². The van der Waals surface area contributed by atoms with Gasteiger partial charge in [0.25, 0.3) is 0 Å². The lowest BCUT2D eigenvalue weighted by Gasteiger charge is -2.35. The van der Waals surface area contributed by atoms with E-state index in [0.717, 1.165) is 95.1 Å². The molecule has 4 fully saturated rings. The lowest BCUT2D eigenvalue weighted by Crippen LogP contribution is -2.51. The van der Waals surface area contributed by atoms with Gasteiger partial charge in [-0.25, -0.2) is 4.39 Å². The maximum Gasteiger partial charge on any atom is 0.319 e. The van der Waals surface area contributed by atoms with E-state index in [1.165, 1.54) is 11.1 Å². The van der Waals surface area contributed by atoms with Crippen molar-refractivity contribution in [3.05, 3.63) is 47.4 Å². The summed E-state index contributed by atoms with van der Waals surface area (Å²) in [4.78, 5) is 19.1. The van der Waals surface area contributed by atoms with Gasteiger partial charge in [-0.1, -0.05) is 12.1 Å². The molecule has 2 unspecified atom stereocenters. The summed E-state index contributed by atoms with van der Waals surface area (Å²) < 4.78 is 28.8. The summed E-state index contributed by atoms with van der Waals surface area (Å²) in [7, 11) is 0. The van der Waals surface area contributed by atoms with E-state index in [1.54, 1.807) is 18.3 Å². The summed E-state index contributed by atoms with van der Waals surface area (Å²) in [6.07, 6.45) is 9.10. The van der Waals surface area contributed by atoms with Gasteiger partial charge in [0.15, 0.2) is 5.82 Å². The number of aromatic hydroxyl groups is 1. The van der Waals surface area contributed by atoms with Crippen LogP contribution < -0.4 is 15.0 Å². The Morgan fingerprint density at radius 2 is 1.89 bits per heavy atom. The summed E-state index contributed by atoms with van der Waals surface area (Å²) in [5, 5.41) is 16.8. The van der Waals surface area contributed by atoms with Crippen LogP contribution in [0.15, 0.2) is 30.5 Å². The predicted octanol–water partition coefficient (Wildman–Crippen LogP) is 4.36. The monoisotopic (exact) mass is 596 g/mol. The van der Waals surface area contributed by atoms with E-state index in [1.807, 2.05) is 6.07 Å². The number of pyridine rings is 1. The number of nitrogens with zero attached hydrogens (tertiary/aromatic N) is 5. The number of halogens is 1. The highest BCUT2D eigenvalue weighted by Gasteiger charge is 2.49. The van der Waals surface area contributed by atoms with Crippen molar-refractivity contribution in [1.29, 1.82) is 0 Å². The highest BCUT2D eigenvalue weighted by molar-refractivity contribution is 6.02. The number of phenolic OH excluding ortho intramolecular Hbond substituents is 1. The van der Waals surface area contributed by atoms with Crippen LogP contribution in [-0.2, 0) is 17.6 Å². The minimum absolute atomic E-state index is 0.0286. The predicted molar refractivity (Wildman–Crippen MR) is 166 cm³/mol. The number of aryl methyl sites for hydroxylation is 2. The average Bonchev–Trinajstić information content (AvgIpc) is 3.56. The second-order valence-corrected chi connectivity index (χ2v) is 13.3. The molecular weight excluding hydrogens is 559 g/mol. The fraction of sp³-hybridized carbons (Fsp3) is 0.500. The van der Waals surface area contributed by atoms with Crippen LogP contribution in [-0.4, -0.2) is 88.6 Å². The molecule has 0 amide bonds. The average molecular weight is 597 g/mol. The molecule has 3 aliphatic heterocycles. The molecule has 0 spiro atoms. The molecule has 9 nitrogen and oxygen atoms in total. The summed E-state index contributed by atoms with van der Waals surface area (Å²) >= 11 is 0. The number of hydrogen-bond acceptors (Lipinski definition) is 9. The fourth-order valence-corrected chi connectivity index (χ4v) is 8.15. The molecule has 1 saturated carbocycles. The number of nitrogens with one attached hydrogen (secondary N) is 1. The van der Waals surface area contributed by atoms with Gasteiger partial charge >= 0.3 is 6.01 Å². The van der Waals surface area contributed by atoms with Crippen LogP contribution in [0.5, 0.6) is 11.8 Å². The number of benzene rings is 2. The molecule has 5 aliphatic rings. The molecule has 2 aromatic heterocycles. The number of morpholine rings is 1. The molecule has 2 N–H and O–H groups in total. The third kappa shape index (κ3) is 4.41. The van der Waals surface area contributed by atoms with Crippen molar-refractivity contribution < 1.29 is 19.0 Å². The number of ether oxygens (including phenoxy) is 2. The van der Waals surface area contributed by atoms with E-state index < -0.39 is 5.82 Å². The van der Waals surface area contributed by atoms with Crippen molar-refractivity contribution in [3.63, 3.8) is 0 Å². The molecular formula is C34H37FN6O3. The summed E-state index contributed by atoms with van der Waals surface area (Å²) in [6.45, 7) is 5.31. The van der Waals surface area contributed by atoms with Gasteiger partial charge < -0.3 is 24.8 Å². The van der Waals surface area contributed by atoms with E-state index in [0.29, 0.717) is 35.5 Å². The Morgan fingerprint density at radius 1 is 1.07 bits per heavy atom. The first-order valence-electron chi connectivity index (χ1n) is 16.2. The van der Waals surface area contributed by atoms with Crippen LogP contribution in [0.25, 0.3) is 32.9 Å². The first-order chi connectivity index (χ1) is 21.5. The molecule has 2 atom stereocenters. The molecule has 2 bridgehead atoms. The van der Waals surface area contributed by atoms with E-state index in [9.17, 15) is 5.11 Å². The molecule has 9 rings (SSSR count). The van der Waals surface area contributed by atoms with E-state index >= 15 is 4.39 Å². The minimum Gasteiger partial charge on any atom is -0.508 e. The van der Waals surface area contributed by atoms with Gasteiger partial charge in [0.1, 0.15) is 29.4 Å². The Hall–Kier alpha value is -3.60. The quantitative estimate of drug-likeness (QED) is 0.337. The number of rotatable bonds is 6. The van der Waals surface area contributed by atoms with Crippen LogP contribution in [0, 0.1) is 5.82 Å². The molecule has 5 heterocycles. The Kier molecular flexibility index (Phi) is 6.22. The van der Waals surface area contributed by atoms with Crippen molar-refractivity contribution in [1.82, 2.24) is 25.2 Å². The van der Waals surface area contributed by atoms with Gasteiger partial charge in [0.2, 0.25) is 0 Å². The second-order valence-electron chi connectivity index (χ2n) is 13.3. The van der Waals surface area contributed by atoms with Gasteiger partial charge in [0.05, 0.1) is 24.1 Å². The number of fused-ring (bicyclic) bond motifs is 6. The number of phenols is 1. The van der Waals surface area contributed by atoms with Gasteiger partial charge in [-0.15, -0.1) is 0 Å². The lowest BCUT2D eigenvalue weighted by atomic mass is 9.94. The van der Waals surface area contributed by atoms with Crippen molar-refractivity contribution in [2.24, 2.45) is 0 Å². The Balaban J connectivity index is 1.16. The lowest BCUT2D eigenvalue weighted by molar-refractivity contribution is -0.00332. The zero-order valence-corrected chi connectivity index (χ0v) is 24.8. The largest absolute Gasteiger partial charge is 0.508 e. The minimum atomic E-state index is -0.508. The van der Waals surface area contributed by atoms with E-state index in [4.69, 9.17) is 24.4 Å². The topological polar surface area (TPSA) is 95.9 Å². The molecule has 4 aromatic rings. The standard InChI is InChI=1S/C34H37FN6O3/c35-29-30(26-15-24(42)14-21-5-4-20-2-1-3-25(20)28(21)26)36-16-27-31(29)38-33(39-32(27)40-17-22-6-7-23(18-40)37-22)44-19-34(8-9-34)41-10-12-43-13-11-41/h4-5,14-16,22-23,37,42H,1-3,6-13,17-19H2. The molecule has 44 heavy (non-hydrogen) atoms. The first-order valence-corrected chi connectivity index (χ1v) is 16.2. The fourth-order valence-electron chi connectivity index (χ4n) is 8.15. The van der Waals surface area contributed by atoms with Gasteiger partial charge in [0, 0.05) is 50.0 Å². The smallest absolute Gasteiger partial charge is 0.319 e. The maximum absolute atomic E-state index is 16.9. The van der Waals surface area contributed by atoms with E-state index in [2.05, 4.69) is 21.2 Å². The molecule has 3 saturated heterocycles. The SMILES string of the molecule is Oc1cc(-c2ncc3c(N4CC5CCC(C4)N5)nc(OCC4(N5CCOCC5)CC4)nc3c2F)c2c3c(ccc2c1)CCC3. The Morgan fingerprint density at radius 3 is 2.68 bits per heavy atom. The zero-order chi connectivity index (χ0) is 29.4. The van der Waals surface area contributed by atoms with Crippen LogP contribution in [0.1, 0.15) is 43.2 Å². The maximum atomic E-state index is 16.9. The zero-order valence-electron chi connectivity index (χ0n) is 24.8. The molecule has 2 aromatic carbocycles. The van der Waals surface area contributed by atoms with Gasteiger partial charge in [-0.2, -0.15) is 9.97 Å². The third-order valence-electron chi connectivity index (χ3n) is 10.6. The second kappa shape index (κ2) is 10.2. The molecule has 228 valence electrons. The Bertz CT molecular complexity index is 1780. The molecule has 2 aliphatic carbocycles. The van der Waals surface area contributed by atoms with Crippen LogP contribution in [0.2, 0.25) is 0 Å². The molecule has 0 radical (unpaired) electrons. The van der Waals surface area contributed by atoms with Crippen LogP contribution in [0.3, 0.4) is 0 Å². The van der Waals surface area contributed by atoms with Crippen LogP contribution >= 0.6 is 0 Å². The summed E-state index contributed by atoms with van der Waals surface area (Å²) in [5.74, 6) is 0.262. The van der Waals surface area contributed by atoms with Crippen molar-refractivity contribution >= 4 is 27.5 Å². The van der Waals surface area contributed by atoms with Crippen molar-refractivity contribution in [3.8, 4) is 23.0 Å². The third-order valence-corrected chi connectivity index (χ3v) is 10.6. The van der Waals surface area contributed by atoms with Gasteiger partial charge in [-0.3, -0.25) is 9.88 Å². The number of hydrogen-bond donors (Lipinski definition) is 2. The highest BCUT2D eigenvalue weighted by atomic mass is 19.1. The normalized spacial score (nSPS) is 24.2. The summed E-state index contributed by atoms with van der Waals surface area (Å²) in [6, 6.07) is 8.53. The first kappa shape index (κ1) is 26.8. The Labute approximate surface area is 255 Å².